The van der Waals surface area contributed by atoms with Crippen molar-refractivity contribution in [1.29, 1.82) is 0 Å². The molecule has 1 aromatic heterocycles. The molecule has 2 aromatic rings. The maximum Gasteiger partial charge on any atom is 0.161 e. The van der Waals surface area contributed by atoms with Gasteiger partial charge in [-0.1, -0.05) is 19.1 Å². The summed E-state index contributed by atoms with van der Waals surface area (Å²) >= 11 is 0. The number of rotatable bonds is 10. The lowest BCUT2D eigenvalue weighted by Gasteiger charge is -2.30. The van der Waals surface area contributed by atoms with Crippen molar-refractivity contribution in [2.75, 3.05) is 26.7 Å². The van der Waals surface area contributed by atoms with Gasteiger partial charge in [-0.2, -0.15) is 0 Å². The molecule has 1 aliphatic heterocycles. The quantitative estimate of drug-likeness (QED) is 0.543. The third-order valence-corrected chi connectivity index (χ3v) is 6.73. The molecular weight excluding hydrogens is 386 g/mol. The summed E-state index contributed by atoms with van der Waals surface area (Å²) in [7, 11) is 1.74. The molecular formula is C26H37N3O2. The van der Waals surface area contributed by atoms with Crippen LogP contribution in [0.15, 0.2) is 42.7 Å². The first-order valence-corrected chi connectivity index (χ1v) is 11.9. The van der Waals surface area contributed by atoms with Crippen LogP contribution in [0.5, 0.6) is 11.5 Å². The standard InChI is InChI=1S/C26H37N3O2/c1-3-29-15-7-9-23(29)20-28(19-22-8-6-14-27-17-22)18-21-12-13-25(26(16-21)30-2)31-24-10-4-5-11-24/h6,8,12-14,16-17,23-24H,3-5,7,9-11,15,18-20H2,1-2H3/t23-/m1/s1. The molecule has 1 saturated carbocycles. The lowest BCUT2D eigenvalue weighted by molar-refractivity contribution is 0.165. The van der Waals surface area contributed by atoms with E-state index < -0.39 is 0 Å². The third-order valence-electron chi connectivity index (χ3n) is 6.73. The Morgan fingerprint density at radius 2 is 1.87 bits per heavy atom. The van der Waals surface area contributed by atoms with Crippen LogP contribution in [0.3, 0.4) is 0 Å². The van der Waals surface area contributed by atoms with Gasteiger partial charge in [0.1, 0.15) is 0 Å². The maximum atomic E-state index is 6.24. The van der Waals surface area contributed by atoms with E-state index in [4.69, 9.17) is 9.47 Å². The molecule has 0 amide bonds. The van der Waals surface area contributed by atoms with E-state index in [1.54, 1.807) is 7.11 Å². The molecule has 4 rings (SSSR count). The van der Waals surface area contributed by atoms with E-state index >= 15 is 0 Å². The molecule has 2 fully saturated rings. The summed E-state index contributed by atoms with van der Waals surface area (Å²) in [6.45, 7) is 7.51. The predicted octanol–water partition coefficient (Wildman–Crippen LogP) is 4.90. The van der Waals surface area contributed by atoms with Crippen molar-refractivity contribution in [2.45, 2.75) is 70.7 Å². The number of likely N-dealkylation sites (N-methyl/N-ethyl adjacent to an activating group) is 1. The van der Waals surface area contributed by atoms with Crippen LogP contribution < -0.4 is 9.47 Å². The second-order valence-electron chi connectivity index (χ2n) is 8.97. The monoisotopic (exact) mass is 423 g/mol. The minimum Gasteiger partial charge on any atom is -0.493 e. The van der Waals surface area contributed by atoms with Crippen molar-refractivity contribution in [2.24, 2.45) is 0 Å². The highest BCUT2D eigenvalue weighted by molar-refractivity contribution is 5.43. The zero-order valence-electron chi connectivity index (χ0n) is 19.1. The van der Waals surface area contributed by atoms with Crippen molar-refractivity contribution in [3.63, 3.8) is 0 Å². The number of nitrogens with zero attached hydrogens (tertiary/aromatic N) is 3. The molecule has 2 aliphatic rings. The highest BCUT2D eigenvalue weighted by Crippen LogP contribution is 2.33. The summed E-state index contributed by atoms with van der Waals surface area (Å²) in [6.07, 6.45) is 11.6. The maximum absolute atomic E-state index is 6.24. The van der Waals surface area contributed by atoms with E-state index in [0.717, 1.165) is 50.5 Å². The average molecular weight is 424 g/mol. The van der Waals surface area contributed by atoms with Gasteiger partial charge in [0.2, 0.25) is 0 Å². The van der Waals surface area contributed by atoms with Crippen LogP contribution in [0, 0.1) is 0 Å². The molecule has 0 spiro atoms. The largest absolute Gasteiger partial charge is 0.493 e. The van der Waals surface area contributed by atoms with E-state index in [9.17, 15) is 0 Å². The Hall–Kier alpha value is -2.11. The second kappa shape index (κ2) is 11.0. The van der Waals surface area contributed by atoms with Crippen molar-refractivity contribution < 1.29 is 9.47 Å². The van der Waals surface area contributed by atoms with Gasteiger partial charge >= 0.3 is 0 Å². The topological polar surface area (TPSA) is 37.8 Å². The molecule has 5 heteroatoms. The summed E-state index contributed by atoms with van der Waals surface area (Å²) in [4.78, 5) is 9.50. The highest BCUT2D eigenvalue weighted by atomic mass is 16.5. The van der Waals surface area contributed by atoms with Gasteiger partial charge < -0.3 is 9.47 Å². The first kappa shape index (κ1) is 22.1. The van der Waals surface area contributed by atoms with Crippen LogP contribution in [-0.2, 0) is 13.1 Å². The van der Waals surface area contributed by atoms with Gasteiger partial charge in [0.05, 0.1) is 13.2 Å². The lowest BCUT2D eigenvalue weighted by Crippen LogP contribution is -2.39. The molecule has 0 N–H and O–H groups in total. The summed E-state index contributed by atoms with van der Waals surface area (Å²) in [5, 5.41) is 0. The SMILES string of the molecule is CCN1CCC[C@@H]1CN(Cc1cccnc1)Cc1ccc(OC2CCCC2)c(OC)c1. The van der Waals surface area contributed by atoms with Crippen LogP contribution in [0.2, 0.25) is 0 Å². The first-order chi connectivity index (χ1) is 15.2. The number of benzene rings is 1. The predicted molar refractivity (Wildman–Crippen MR) is 124 cm³/mol. The average Bonchev–Trinajstić information content (AvgIpc) is 3.47. The zero-order valence-corrected chi connectivity index (χ0v) is 19.1. The molecule has 0 radical (unpaired) electrons. The van der Waals surface area contributed by atoms with Gasteiger partial charge in [-0.05, 0) is 80.9 Å². The van der Waals surface area contributed by atoms with Gasteiger partial charge in [0.25, 0.3) is 0 Å². The van der Waals surface area contributed by atoms with Crippen molar-refractivity contribution in [3.05, 3.63) is 53.9 Å². The van der Waals surface area contributed by atoms with Crippen molar-refractivity contribution in [1.82, 2.24) is 14.8 Å². The minimum absolute atomic E-state index is 0.337. The van der Waals surface area contributed by atoms with Crippen LogP contribution in [-0.4, -0.2) is 53.7 Å². The molecule has 168 valence electrons. The Bertz CT molecular complexity index is 808. The van der Waals surface area contributed by atoms with Gasteiger partial charge in [-0.15, -0.1) is 0 Å². The number of likely N-dealkylation sites (tertiary alicyclic amines) is 1. The number of pyridine rings is 1. The Morgan fingerprint density at radius 3 is 2.61 bits per heavy atom. The van der Waals surface area contributed by atoms with Crippen LogP contribution in [0.4, 0.5) is 0 Å². The van der Waals surface area contributed by atoms with Crippen molar-refractivity contribution in [3.8, 4) is 11.5 Å². The minimum atomic E-state index is 0.337. The van der Waals surface area contributed by atoms with Gasteiger partial charge in [-0.3, -0.25) is 14.8 Å². The molecule has 1 atom stereocenters. The molecule has 1 aromatic carbocycles. The van der Waals surface area contributed by atoms with E-state index in [1.165, 1.54) is 43.4 Å². The fraction of sp³-hybridized carbons (Fsp3) is 0.577. The van der Waals surface area contributed by atoms with E-state index in [-0.39, 0.29) is 0 Å². The highest BCUT2D eigenvalue weighted by Gasteiger charge is 2.25. The fourth-order valence-corrected chi connectivity index (χ4v) is 5.10. The summed E-state index contributed by atoms with van der Waals surface area (Å²) in [5.41, 5.74) is 2.53. The van der Waals surface area contributed by atoms with Crippen LogP contribution >= 0.6 is 0 Å². The second-order valence-corrected chi connectivity index (χ2v) is 8.97. The summed E-state index contributed by atoms with van der Waals surface area (Å²) in [5.74, 6) is 1.73. The molecule has 0 unspecified atom stereocenters. The molecule has 1 saturated heterocycles. The number of hydrogen-bond donors (Lipinski definition) is 0. The Balaban J connectivity index is 1.48. The Labute approximate surface area is 187 Å². The number of methoxy groups -OCH3 is 1. The molecule has 1 aliphatic carbocycles. The van der Waals surface area contributed by atoms with Gasteiger partial charge in [0, 0.05) is 38.1 Å². The lowest BCUT2D eigenvalue weighted by atomic mass is 10.1. The van der Waals surface area contributed by atoms with Crippen LogP contribution in [0.1, 0.15) is 56.6 Å². The normalized spacial score (nSPS) is 19.9. The number of ether oxygens (including phenoxy) is 2. The third kappa shape index (κ3) is 5.98. The Kier molecular flexibility index (Phi) is 7.81. The molecule has 5 nitrogen and oxygen atoms in total. The van der Waals surface area contributed by atoms with Crippen molar-refractivity contribution >= 4 is 0 Å². The van der Waals surface area contributed by atoms with Gasteiger partial charge in [-0.25, -0.2) is 0 Å². The summed E-state index contributed by atoms with van der Waals surface area (Å²) < 4.78 is 11.9. The van der Waals surface area contributed by atoms with Gasteiger partial charge in [0.15, 0.2) is 11.5 Å². The van der Waals surface area contributed by atoms with E-state index in [2.05, 4.69) is 46.0 Å². The zero-order chi connectivity index (χ0) is 21.5. The van der Waals surface area contributed by atoms with Crippen LogP contribution in [0.25, 0.3) is 0 Å². The molecule has 0 bridgehead atoms. The summed E-state index contributed by atoms with van der Waals surface area (Å²) in [6, 6.07) is 11.3. The fourth-order valence-electron chi connectivity index (χ4n) is 5.10. The molecule has 2 heterocycles. The molecule has 31 heavy (non-hydrogen) atoms. The van der Waals surface area contributed by atoms with E-state index in [1.807, 2.05) is 18.5 Å². The Morgan fingerprint density at radius 1 is 1.03 bits per heavy atom. The number of hydrogen-bond acceptors (Lipinski definition) is 5. The van der Waals surface area contributed by atoms with E-state index in [0.29, 0.717) is 12.1 Å². The number of aromatic nitrogens is 1. The smallest absolute Gasteiger partial charge is 0.161 e. The first-order valence-electron chi connectivity index (χ1n) is 11.9.